The van der Waals surface area contributed by atoms with E-state index in [0.717, 1.165) is 63.5 Å². The van der Waals surface area contributed by atoms with E-state index in [-0.39, 0.29) is 35.5 Å². The summed E-state index contributed by atoms with van der Waals surface area (Å²) in [5, 5.41) is 3.49. The molecule has 7 aliphatic rings. The molecule has 0 radical (unpaired) electrons. The normalized spacial score (nSPS) is 39.0. The van der Waals surface area contributed by atoms with Gasteiger partial charge in [0.2, 0.25) is 15.9 Å². The van der Waals surface area contributed by atoms with Gasteiger partial charge in [0, 0.05) is 55.4 Å². The first-order chi connectivity index (χ1) is 19.1. The van der Waals surface area contributed by atoms with E-state index in [1.54, 1.807) is 4.31 Å². The van der Waals surface area contributed by atoms with Gasteiger partial charge < -0.3 is 20.9 Å². The third kappa shape index (κ3) is 4.49. The molecule has 0 spiro atoms. The largest absolute Gasteiger partial charge is 0.369 e. The Morgan fingerprint density at radius 3 is 2.05 bits per heavy atom. The number of amides is 3. The van der Waals surface area contributed by atoms with Gasteiger partial charge in [0.15, 0.2) is 0 Å². The molecule has 3 amide bonds. The number of rotatable bonds is 5. The quantitative estimate of drug-likeness (QED) is 0.566. The highest BCUT2D eigenvalue weighted by atomic mass is 32.2. The van der Waals surface area contributed by atoms with Crippen molar-refractivity contribution in [3.63, 3.8) is 0 Å². The summed E-state index contributed by atoms with van der Waals surface area (Å²) < 4.78 is 25.2. The third-order valence-corrected chi connectivity index (χ3v) is 12.8. The Balaban J connectivity index is 0.970. The number of carbonyl (C=O) groups is 2. The van der Waals surface area contributed by atoms with Gasteiger partial charge in [-0.25, -0.2) is 13.2 Å². The number of piperidine rings is 1. The molecule has 6 bridgehead atoms. The zero-order valence-electron chi connectivity index (χ0n) is 23.5. The minimum atomic E-state index is -3.13. The smallest absolute Gasteiger partial charge is 0.318 e. The predicted octanol–water partition coefficient (Wildman–Crippen LogP) is 2.87. The van der Waals surface area contributed by atoms with Crippen LogP contribution in [0.3, 0.4) is 0 Å². The van der Waals surface area contributed by atoms with Gasteiger partial charge in [-0.2, -0.15) is 4.31 Å². The van der Waals surface area contributed by atoms with Crippen LogP contribution in [0, 0.1) is 23.2 Å². The topological polar surface area (TPSA) is 116 Å². The van der Waals surface area contributed by atoms with Gasteiger partial charge in [-0.3, -0.25) is 4.79 Å². The molecule has 218 valence electrons. The van der Waals surface area contributed by atoms with Gasteiger partial charge in [-0.1, -0.05) is 12.1 Å². The first kappa shape index (κ1) is 26.6. The van der Waals surface area contributed by atoms with Crippen LogP contribution in [0.15, 0.2) is 24.3 Å². The molecule has 4 unspecified atom stereocenters. The van der Waals surface area contributed by atoms with Crippen LogP contribution >= 0.6 is 0 Å². The Kier molecular flexibility index (Phi) is 6.38. The van der Waals surface area contributed by atoms with Crippen LogP contribution in [0.1, 0.15) is 69.3 Å². The summed E-state index contributed by atoms with van der Waals surface area (Å²) in [4.78, 5) is 30.4. The maximum absolute atomic E-state index is 13.7. The van der Waals surface area contributed by atoms with Gasteiger partial charge in [0.05, 0.1) is 6.26 Å². The van der Waals surface area contributed by atoms with Gasteiger partial charge in [-0.15, -0.1) is 0 Å². The average Bonchev–Trinajstić information content (AvgIpc) is 3.19. The number of sulfonamides is 1. The molecular weight excluding hydrogens is 526 g/mol. The van der Waals surface area contributed by atoms with Gasteiger partial charge in [0.1, 0.15) is 0 Å². The summed E-state index contributed by atoms with van der Waals surface area (Å²) in [6.45, 7) is 2.46. The SMILES string of the molecule is CS(=O)(=O)N1CCN(c2ccc(C3CC4CCC(C3)N4C(=O)NC3C4CC5CC3CC(C(N)=O)(C5)C4)cc2)CC1. The third-order valence-electron chi connectivity index (χ3n) is 11.5. The molecule has 4 aliphatic carbocycles. The van der Waals surface area contributed by atoms with Crippen LogP contribution in [0.2, 0.25) is 0 Å². The predicted molar refractivity (Wildman–Crippen MR) is 153 cm³/mol. The van der Waals surface area contributed by atoms with E-state index >= 15 is 0 Å². The lowest BCUT2D eigenvalue weighted by atomic mass is 9.47. The van der Waals surface area contributed by atoms with E-state index in [1.165, 1.54) is 11.8 Å². The Hall–Kier alpha value is -2.33. The van der Waals surface area contributed by atoms with Gasteiger partial charge >= 0.3 is 6.03 Å². The highest BCUT2D eigenvalue weighted by Crippen LogP contribution is 2.60. The van der Waals surface area contributed by atoms with Crippen molar-refractivity contribution in [3.8, 4) is 0 Å². The number of anilines is 1. The number of fused-ring (bicyclic) bond motifs is 2. The molecular formula is C30H43N5O4S. The van der Waals surface area contributed by atoms with Crippen molar-refractivity contribution < 1.29 is 18.0 Å². The summed E-state index contributed by atoms with van der Waals surface area (Å²) >= 11 is 0. The number of benzene rings is 1. The Labute approximate surface area is 237 Å². The first-order valence-electron chi connectivity index (χ1n) is 15.3. The molecule has 4 saturated carbocycles. The molecule has 3 N–H and O–H groups in total. The van der Waals surface area contributed by atoms with Crippen LogP contribution in [0.5, 0.6) is 0 Å². The molecule has 7 fully saturated rings. The second-order valence-corrected chi connectivity index (χ2v) is 15.8. The second kappa shape index (κ2) is 9.61. The van der Waals surface area contributed by atoms with E-state index in [9.17, 15) is 18.0 Å². The highest BCUT2D eigenvalue weighted by Gasteiger charge is 2.58. The van der Waals surface area contributed by atoms with Crippen molar-refractivity contribution in [2.24, 2.45) is 28.9 Å². The lowest BCUT2D eigenvalue weighted by Gasteiger charge is -2.59. The molecule has 8 rings (SSSR count). The molecule has 4 atom stereocenters. The fraction of sp³-hybridized carbons (Fsp3) is 0.733. The molecule has 3 saturated heterocycles. The van der Waals surface area contributed by atoms with Crippen molar-refractivity contribution in [1.82, 2.24) is 14.5 Å². The number of hydrogen-bond donors (Lipinski definition) is 2. The van der Waals surface area contributed by atoms with E-state index in [1.807, 2.05) is 0 Å². The van der Waals surface area contributed by atoms with Crippen LogP contribution in [-0.4, -0.2) is 80.1 Å². The van der Waals surface area contributed by atoms with Crippen LogP contribution in [0.25, 0.3) is 0 Å². The van der Waals surface area contributed by atoms with E-state index in [0.29, 0.717) is 49.9 Å². The average molecular weight is 570 g/mol. The van der Waals surface area contributed by atoms with Crippen molar-refractivity contribution in [1.29, 1.82) is 0 Å². The minimum absolute atomic E-state index is 0.111. The molecule has 40 heavy (non-hydrogen) atoms. The van der Waals surface area contributed by atoms with Gasteiger partial charge in [-0.05, 0) is 99.2 Å². The van der Waals surface area contributed by atoms with E-state index in [2.05, 4.69) is 39.4 Å². The second-order valence-electron chi connectivity index (χ2n) is 13.8. The maximum atomic E-state index is 13.7. The maximum Gasteiger partial charge on any atom is 0.318 e. The summed E-state index contributed by atoms with van der Waals surface area (Å²) in [5.74, 6) is 1.68. The summed E-state index contributed by atoms with van der Waals surface area (Å²) in [5.41, 5.74) is 8.03. The van der Waals surface area contributed by atoms with Gasteiger partial charge in [0.25, 0.3) is 0 Å². The molecule has 0 aromatic heterocycles. The van der Waals surface area contributed by atoms with Crippen molar-refractivity contribution in [2.45, 2.75) is 81.8 Å². The standard InChI is InChI=1S/C30H43N5O4S/c1-40(38,39)34-10-8-33(9-11-34)24-4-2-20(3-5-24)21-14-25-6-7-26(15-21)35(25)29(37)32-27-22-12-19-13-23(27)18-30(16-19,17-22)28(31)36/h2-5,19,21-23,25-27H,6-18H2,1H3,(H2,31,36)(H,32,37). The number of carbonyl (C=O) groups excluding carboxylic acids is 2. The fourth-order valence-electron chi connectivity index (χ4n) is 9.79. The van der Waals surface area contributed by atoms with E-state index < -0.39 is 10.0 Å². The Morgan fingerprint density at radius 2 is 1.50 bits per heavy atom. The number of piperazine rings is 1. The summed E-state index contributed by atoms with van der Waals surface area (Å²) in [6, 6.07) is 9.68. The number of hydrogen-bond acceptors (Lipinski definition) is 5. The van der Waals surface area contributed by atoms with Crippen molar-refractivity contribution >= 4 is 27.6 Å². The Morgan fingerprint density at radius 1 is 0.900 bits per heavy atom. The lowest BCUT2D eigenvalue weighted by molar-refractivity contribution is -0.145. The molecule has 10 heteroatoms. The molecule has 3 heterocycles. The minimum Gasteiger partial charge on any atom is -0.369 e. The highest BCUT2D eigenvalue weighted by molar-refractivity contribution is 7.88. The zero-order valence-corrected chi connectivity index (χ0v) is 24.3. The lowest BCUT2D eigenvalue weighted by Crippen LogP contribution is -2.64. The Bertz CT molecular complexity index is 1250. The monoisotopic (exact) mass is 569 g/mol. The number of urea groups is 1. The van der Waals surface area contributed by atoms with Crippen LogP contribution < -0.4 is 16.0 Å². The van der Waals surface area contributed by atoms with Crippen LogP contribution in [0.4, 0.5) is 10.5 Å². The fourth-order valence-corrected chi connectivity index (χ4v) is 10.6. The number of nitrogens with zero attached hydrogens (tertiary/aromatic N) is 3. The number of nitrogens with two attached hydrogens (primary N) is 1. The summed E-state index contributed by atoms with van der Waals surface area (Å²) in [6.07, 6.45) is 10.3. The number of primary amides is 1. The summed E-state index contributed by atoms with van der Waals surface area (Å²) in [7, 11) is -3.13. The van der Waals surface area contributed by atoms with Crippen molar-refractivity contribution in [2.75, 3.05) is 37.3 Å². The van der Waals surface area contributed by atoms with E-state index in [4.69, 9.17) is 5.73 Å². The molecule has 1 aromatic carbocycles. The number of nitrogens with one attached hydrogen (secondary N) is 1. The first-order valence-corrected chi connectivity index (χ1v) is 17.1. The zero-order chi connectivity index (χ0) is 27.8. The van der Waals surface area contributed by atoms with Crippen molar-refractivity contribution in [3.05, 3.63) is 29.8 Å². The molecule has 3 aliphatic heterocycles. The van der Waals surface area contributed by atoms with Crippen LogP contribution in [-0.2, 0) is 14.8 Å². The molecule has 1 aromatic rings. The molecule has 9 nitrogen and oxygen atoms in total.